The number of hydrogen-bond acceptors (Lipinski definition) is 3. The lowest BCUT2D eigenvalue weighted by Crippen LogP contribution is -2.45. The minimum absolute atomic E-state index is 0.0259. The van der Waals surface area contributed by atoms with E-state index >= 15 is 0 Å². The Hall–Kier alpha value is -2.37. The lowest BCUT2D eigenvalue weighted by atomic mass is 9.96. The molecule has 2 heterocycles. The van der Waals surface area contributed by atoms with Crippen molar-refractivity contribution in [1.29, 1.82) is 0 Å². The molecule has 1 aromatic carbocycles. The fourth-order valence-corrected chi connectivity index (χ4v) is 3.86. The number of amides is 3. The average Bonchev–Trinajstić information content (AvgIpc) is 3.10. The average molecular weight is 357 g/mol. The van der Waals surface area contributed by atoms with Gasteiger partial charge in [0.05, 0.1) is 5.92 Å². The van der Waals surface area contributed by atoms with Crippen LogP contribution in [0.4, 0.5) is 5.69 Å². The van der Waals surface area contributed by atoms with E-state index < -0.39 is 0 Å². The van der Waals surface area contributed by atoms with E-state index in [1.165, 1.54) is 0 Å². The molecular formula is C20H27N3O3. The molecule has 2 aliphatic rings. The van der Waals surface area contributed by atoms with Gasteiger partial charge in [-0.15, -0.1) is 0 Å². The molecule has 1 unspecified atom stereocenters. The Labute approximate surface area is 154 Å². The lowest BCUT2D eigenvalue weighted by Gasteiger charge is -2.32. The molecule has 1 saturated heterocycles. The summed E-state index contributed by atoms with van der Waals surface area (Å²) in [7, 11) is 0. The van der Waals surface area contributed by atoms with Crippen LogP contribution in [0.25, 0.3) is 0 Å². The summed E-state index contributed by atoms with van der Waals surface area (Å²) in [6.45, 7) is 6.22. The number of anilines is 1. The molecule has 0 spiro atoms. The molecule has 0 saturated carbocycles. The third-order valence-electron chi connectivity index (χ3n) is 5.26. The van der Waals surface area contributed by atoms with Gasteiger partial charge in [-0.1, -0.05) is 6.92 Å². The van der Waals surface area contributed by atoms with E-state index in [0.717, 1.165) is 30.5 Å². The zero-order valence-electron chi connectivity index (χ0n) is 15.6. The number of benzene rings is 1. The van der Waals surface area contributed by atoms with Crippen LogP contribution in [0.5, 0.6) is 0 Å². The molecule has 1 fully saturated rings. The minimum atomic E-state index is -0.125. The summed E-state index contributed by atoms with van der Waals surface area (Å²) in [5, 5.41) is 2.86. The second-order valence-electron chi connectivity index (χ2n) is 6.98. The summed E-state index contributed by atoms with van der Waals surface area (Å²) in [6.07, 6.45) is 2.93. The molecule has 0 aromatic heterocycles. The number of nitrogens with one attached hydrogen (secondary N) is 1. The molecule has 3 rings (SSSR count). The molecule has 140 valence electrons. The van der Waals surface area contributed by atoms with E-state index in [-0.39, 0.29) is 23.6 Å². The number of piperidine rings is 1. The van der Waals surface area contributed by atoms with Crippen LogP contribution in [0, 0.1) is 5.92 Å². The summed E-state index contributed by atoms with van der Waals surface area (Å²) in [5.41, 5.74) is 2.62. The third-order valence-corrected chi connectivity index (χ3v) is 5.26. The number of carbonyl (C=O) groups excluding carboxylic acids is 3. The molecule has 0 aliphatic carbocycles. The number of fused-ring (bicyclic) bond motifs is 1. The van der Waals surface area contributed by atoms with Gasteiger partial charge in [-0.25, -0.2) is 0 Å². The van der Waals surface area contributed by atoms with Crippen molar-refractivity contribution in [2.24, 2.45) is 5.92 Å². The van der Waals surface area contributed by atoms with Crippen LogP contribution < -0.4 is 10.2 Å². The van der Waals surface area contributed by atoms with Crippen LogP contribution in [-0.2, 0) is 16.0 Å². The maximum Gasteiger partial charge on any atom is 0.253 e. The summed E-state index contributed by atoms with van der Waals surface area (Å²) < 4.78 is 0. The molecule has 1 N–H and O–H groups in total. The highest BCUT2D eigenvalue weighted by Crippen LogP contribution is 2.30. The Balaban J connectivity index is 1.72. The second-order valence-corrected chi connectivity index (χ2v) is 6.98. The maximum atomic E-state index is 12.9. The normalized spacial score (nSPS) is 19.2. The maximum absolute atomic E-state index is 12.9. The van der Waals surface area contributed by atoms with Gasteiger partial charge in [0, 0.05) is 43.9 Å². The van der Waals surface area contributed by atoms with Gasteiger partial charge in [-0.05, 0) is 49.9 Å². The van der Waals surface area contributed by atoms with Crippen molar-refractivity contribution in [1.82, 2.24) is 10.2 Å². The van der Waals surface area contributed by atoms with Crippen LogP contribution in [-0.4, -0.2) is 48.8 Å². The van der Waals surface area contributed by atoms with Gasteiger partial charge in [0.15, 0.2) is 0 Å². The highest BCUT2D eigenvalue weighted by molar-refractivity contribution is 5.98. The summed E-state index contributed by atoms with van der Waals surface area (Å²) in [6, 6.07) is 5.60. The number of rotatable bonds is 4. The quantitative estimate of drug-likeness (QED) is 0.896. The summed E-state index contributed by atoms with van der Waals surface area (Å²) in [5.74, 6) is -0.00174. The molecule has 1 aromatic rings. The fourth-order valence-electron chi connectivity index (χ4n) is 3.86. The first-order valence-corrected chi connectivity index (χ1v) is 9.55. The standard InChI is InChI=1S/C20H27N3O3/c1-3-18(24)23-11-9-14-12-15(7-8-17(14)23)20(26)22-10-5-6-16(13-22)19(25)21-4-2/h7-8,12,16H,3-6,9-11,13H2,1-2H3,(H,21,25). The Morgan fingerprint density at radius 2 is 2.00 bits per heavy atom. The Morgan fingerprint density at radius 1 is 1.19 bits per heavy atom. The summed E-state index contributed by atoms with van der Waals surface area (Å²) in [4.78, 5) is 40.6. The van der Waals surface area contributed by atoms with E-state index in [4.69, 9.17) is 0 Å². The zero-order valence-corrected chi connectivity index (χ0v) is 15.6. The van der Waals surface area contributed by atoms with Crippen molar-refractivity contribution in [2.75, 3.05) is 31.1 Å². The predicted octanol–water partition coefficient (Wildman–Crippen LogP) is 1.97. The highest BCUT2D eigenvalue weighted by atomic mass is 16.2. The van der Waals surface area contributed by atoms with Crippen LogP contribution >= 0.6 is 0 Å². The first-order chi connectivity index (χ1) is 12.5. The summed E-state index contributed by atoms with van der Waals surface area (Å²) >= 11 is 0. The smallest absolute Gasteiger partial charge is 0.253 e. The van der Waals surface area contributed by atoms with Crippen molar-refractivity contribution >= 4 is 23.4 Å². The van der Waals surface area contributed by atoms with E-state index in [9.17, 15) is 14.4 Å². The van der Waals surface area contributed by atoms with Crippen LogP contribution in [0.1, 0.15) is 49.0 Å². The number of carbonyl (C=O) groups is 3. The SMILES string of the molecule is CCNC(=O)C1CCCN(C(=O)c2ccc3c(c2)CCN3C(=O)CC)C1. The third kappa shape index (κ3) is 3.59. The molecule has 1 atom stereocenters. The van der Waals surface area contributed by atoms with Gasteiger partial charge in [-0.2, -0.15) is 0 Å². The lowest BCUT2D eigenvalue weighted by molar-refractivity contribution is -0.126. The zero-order chi connectivity index (χ0) is 18.7. The fraction of sp³-hybridized carbons (Fsp3) is 0.550. The van der Waals surface area contributed by atoms with Gasteiger partial charge < -0.3 is 15.1 Å². The second kappa shape index (κ2) is 7.89. The van der Waals surface area contributed by atoms with Gasteiger partial charge in [-0.3, -0.25) is 14.4 Å². The molecule has 0 radical (unpaired) electrons. The number of hydrogen-bond donors (Lipinski definition) is 1. The van der Waals surface area contributed by atoms with Gasteiger partial charge in [0.25, 0.3) is 5.91 Å². The van der Waals surface area contributed by atoms with Crippen LogP contribution in [0.2, 0.25) is 0 Å². The van der Waals surface area contributed by atoms with Crippen molar-refractivity contribution in [3.8, 4) is 0 Å². The monoisotopic (exact) mass is 357 g/mol. The molecule has 26 heavy (non-hydrogen) atoms. The molecular weight excluding hydrogens is 330 g/mol. The topological polar surface area (TPSA) is 69.7 Å². The molecule has 0 bridgehead atoms. The molecule has 3 amide bonds. The van der Waals surface area contributed by atoms with E-state index in [2.05, 4.69) is 5.32 Å². The Bertz CT molecular complexity index is 716. The van der Waals surface area contributed by atoms with Gasteiger partial charge >= 0.3 is 0 Å². The van der Waals surface area contributed by atoms with Crippen LogP contribution in [0.15, 0.2) is 18.2 Å². The van der Waals surface area contributed by atoms with E-state index in [1.807, 2.05) is 26.0 Å². The molecule has 2 aliphatic heterocycles. The first kappa shape index (κ1) is 18.4. The number of nitrogens with zero attached hydrogens (tertiary/aromatic N) is 2. The largest absolute Gasteiger partial charge is 0.356 e. The minimum Gasteiger partial charge on any atom is -0.356 e. The highest BCUT2D eigenvalue weighted by Gasteiger charge is 2.30. The van der Waals surface area contributed by atoms with Gasteiger partial charge in [0.2, 0.25) is 11.8 Å². The van der Waals surface area contributed by atoms with Crippen LogP contribution in [0.3, 0.4) is 0 Å². The van der Waals surface area contributed by atoms with Crippen molar-refractivity contribution in [3.63, 3.8) is 0 Å². The first-order valence-electron chi connectivity index (χ1n) is 9.55. The van der Waals surface area contributed by atoms with Crippen molar-refractivity contribution < 1.29 is 14.4 Å². The van der Waals surface area contributed by atoms with E-state index in [1.54, 1.807) is 15.9 Å². The Morgan fingerprint density at radius 3 is 2.73 bits per heavy atom. The molecule has 6 heteroatoms. The van der Waals surface area contributed by atoms with Crippen molar-refractivity contribution in [2.45, 2.75) is 39.5 Å². The van der Waals surface area contributed by atoms with E-state index in [0.29, 0.717) is 38.2 Å². The Kier molecular flexibility index (Phi) is 5.59. The van der Waals surface area contributed by atoms with Crippen molar-refractivity contribution in [3.05, 3.63) is 29.3 Å². The van der Waals surface area contributed by atoms with Gasteiger partial charge in [0.1, 0.15) is 0 Å². The number of likely N-dealkylation sites (tertiary alicyclic amines) is 1. The predicted molar refractivity (Wildman–Crippen MR) is 100 cm³/mol. The molecule has 6 nitrogen and oxygen atoms in total.